The molecule has 4 heteroatoms. The van der Waals surface area contributed by atoms with Crippen LogP contribution in [0.1, 0.15) is 57.2 Å². The maximum Gasteiger partial charge on any atom is 0.203 e. The van der Waals surface area contributed by atoms with E-state index in [1.165, 1.54) is 32.1 Å². The molecule has 106 valence electrons. The summed E-state index contributed by atoms with van der Waals surface area (Å²) < 4.78 is 7.90. The number of nitrogens with one attached hydrogen (secondary N) is 1. The lowest BCUT2D eigenvalue weighted by Gasteiger charge is -2.29. The zero-order chi connectivity index (χ0) is 13.3. The van der Waals surface area contributed by atoms with E-state index in [9.17, 15) is 0 Å². The highest BCUT2D eigenvalue weighted by atomic mass is 16.5. The Morgan fingerprint density at radius 2 is 2.16 bits per heavy atom. The summed E-state index contributed by atoms with van der Waals surface area (Å²) in [6.45, 7) is 5.95. The molecule has 19 heavy (non-hydrogen) atoms. The molecular weight excluding hydrogens is 238 g/mol. The molecule has 4 nitrogen and oxygen atoms in total. The number of rotatable bonds is 3. The quantitative estimate of drug-likeness (QED) is 0.909. The van der Waals surface area contributed by atoms with Gasteiger partial charge < -0.3 is 14.6 Å². The van der Waals surface area contributed by atoms with Crippen LogP contribution in [0.3, 0.4) is 0 Å². The van der Waals surface area contributed by atoms with Crippen molar-refractivity contribution in [3.8, 4) is 0 Å². The summed E-state index contributed by atoms with van der Waals surface area (Å²) in [7, 11) is 0. The first-order valence-corrected chi connectivity index (χ1v) is 7.58. The van der Waals surface area contributed by atoms with Gasteiger partial charge in [0.15, 0.2) is 0 Å². The number of aryl methyl sites for hydroxylation is 1. The molecule has 1 saturated carbocycles. The summed E-state index contributed by atoms with van der Waals surface area (Å²) in [5.74, 6) is 1.04. The topological polar surface area (TPSA) is 39.1 Å². The smallest absolute Gasteiger partial charge is 0.203 e. The predicted molar refractivity (Wildman–Crippen MR) is 76.5 cm³/mol. The molecule has 1 saturated heterocycles. The Kier molecular flexibility index (Phi) is 3.52. The molecule has 1 atom stereocenters. The van der Waals surface area contributed by atoms with Crippen molar-refractivity contribution < 1.29 is 4.74 Å². The van der Waals surface area contributed by atoms with Crippen LogP contribution in [0.5, 0.6) is 0 Å². The Labute approximate surface area is 115 Å². The second-order valence-electron chi connectivity index (χ2n) is 6.39. The van der Waals surface area contributed by atoms with E-state index in [4.69, 9.17) is 9.72 Å². The van der Waals surface area contributed by atoms with Crippen LogP contribution < -0.4 is 5.32 Å². The average molecular weight is 263 g/mol. The van der Waals surface area contributed by atoms with Gasteiger partial charge in [0.05, 0.1) is 17.8 Å². The van der Waals surface area contributed by atoms with Gasteiger partial charge in [0.25, 0.3) is 0 Å². The molecule has 2 fully saturated rings. The van der Waals surface area contributed by atoms with Crippen LogP contribution in [-0.2, 0) is 4.74 Å². The molecule has 0 radical (unpaired) electrons. The number of hydrogen-bond donors (Lipinski definition) is 1. The molecule has 1 aromatic rings. The van der Waals surface area contributed by atoms with E-state index >= 15 is 0 Å². The van der Waals surface area contributed by atoms with E-state index in [2.05, 4.69) is 29.9 Å². The summed E-state index contributed by atoms with van der Waals surface area (Å²) >= 11 is 0. The normalized spacial score (nSPS) is 28.7. The van der Waals surface area contributed by atoms with Crippen LogP contribution in [-0.4, -0.2) is 28.3 Å². The van der Waals surface area contributed by atoms with E-state index in [-0.39, 0.29) is 5.54 Å². The molecule has 3 rings (SSSR count). The van der Waals surface area contributed by atoms with Crippen LogP contribution in [0.25, 0.3) is 0 Å². The summed E-state index contributed by atoms with van der Waals surface area (Å²) in [6.07, 6.45) is 9.93. The van der Waals surface area contributed by atoms with E-state index < -0.39 is 0 Å². The van der Waals surface area contributed by atoms with Gasteiger partial charge in [0.2, 0.25) is 5.95 Å². The Morgan fingerprint density at radius 1 is 1.37 bits per heavy atom. The van der Waals surface area contributed by atoms with Gasteiger partial charge in [0, 0.05) is 18.8 Å². The molecule has 1 unspecified atom stereocenters. The molecule has 2 heterocycles. The van der Waals surface area contributed by atoms with Gasteiger partial charge in [-0.2, -0.15) is 0 Å². The summed E-state index contributed by atoms with van der Waals surface area (Å²) in [5.41, 5.74) is 1.15. The van der Waals surface area contributed by atoms with Crippen molar-refractivity contribution in [1.82, 2.24) is 9.55 Å². The highest BCUT2D eigenvalue weighted by Gasteiger charge is 2.31. The summed E-state index contributed by atoms with van der Waals surface area (Å²) in [6, 6.07) is 0.628. The van der Waals surface area contributed by atoms with Crippen molar-refractivity contribution in [2.24, 2.45) is 0 Å². The molecule has 1 aliphatic heterocycles. The minimum absolute atomic E-state index is 0.0458. The third-order valence-corrected chi connectivity index (χ3v) is 4.45. The fourth-order valence-corrected chi connectivity index (χ4v) is 3.28. The van der Waals surface area contributed by atoms with Crippen molar-refractivity contribution in [1.29, 1.82) is 0 Å². The van der Waals surface area contributed by atoms with Gasteiger partial charge in [-0.15, -0.1) is 0 Å². The van der Waals surface area contributed by atoms with Crippen LogP contribution >= 0.6 is 0 Å². The Hall–Kier alpha value is -1.03. The molecule has 1 aromatic heterocycles. The first kappa shape index (κ1) is 13.0. The molecule has 0 spiro atoms. The molecular formula is C15H25N3O. The number of ether oxygens (including phenoxy) is 1. The summed E-state index contributed by atoms with van der Waals surface area (Å²) in [5, 5.41) is 3.63. The maximum absolute atomic E-state index is 5.52. The van der Waals surface area contributed by atoms with Crippen LogP contribution in [0.15, 0.2) is 6.20 Å². The molecule has 0 amide bonds. The minimum Gasteiger partial charge on any atom is -0.379 e. The minimum atomic E-state index is 0.0458. The highest BCUT2D eigenvalue weighted by Crippen LogP contribution is 2.32. The van der Waals surface area contributed by atoms with Crippen molar-refractivity contribution >= 4 is 5.95 Å². The Bertz CT molecular complexity index is 429. The monoisotopic (exact) mass is 263 g/mol. The van der Waals surface area contributed by atoms with Crippen molar-refractivity contribution in [2.75, 3.05) is 18.5 Å². The van der Waals surface area contributed by atoms with Crippen molar-refractivity contribution in [2.45, 2.75) is 64.0 Å². The fraction of sp³-hybridized carbons (Fsp3) is 0.800. The maximum atomic E-state index is 5.52. The number of anilines is 1. The molecule has 0 aromatic carbocycles. The van der Waals surface area contributed by atoms with Crippen molar-refractivity contribution in [3.05, 3.63) is 11.9 Å². The van der Waals surface area contributed by atoms with E-state index in [1.54, 1.807) is 0 Å². The van der Waals surface area contributed by atoms with Gasteiger partial charge in [-0.05, 0) is 33.1 Å². The predicted octanol–water partition coefficient (Wildman–Crippen LogP) is 3.29. The van der Waals surface area contributed by atoms with Crippen molar-refractivity contribution in [3.63, 3.8) is 0 Å². The lowest BCUT2D eigenvalue weighted by Crippen LogP contribution is -2.36. The zero-order valence-electron chi connectivity index (χ0n) is 12.1. The number of imidazole rings is 1. The largest absolute Gasteiger partial charge is 0.379 e. The first-order valence-electron chi connectivity index (χ1n) is 7.58. The SMILES string of the molecule is Cc1cn(C2CCCCC2)c(NC2(C)CCOC2)n1. The molecule has 1 aliphatic carbocycles. The van der Waals surface area contributed by atoms with Crippen LogP contribution in [0.2, 0.25) is 0 Å². The van der Waals surface area contributed by atoms with E-state index in [1.807, 2.05) is 0 Å². The second kappa shape index (κ2) is 5.16. The fourth-order valence-electron chi connectivity index (χ4n) is 3.28. The Balaban J connectivity index is 1.80. The standard InChI is InChI=1S/C15H25N3O/c1-12-10-18(13-6-4-3-5-7-13)14(16-12)17-15(2)8-9-19-11-15/h10,13H,3-9,11H2,1-2H3,(H,16,17). The lowest BCUT2D eigenvalue weighted by molar-refractivity contribution is 0.185. The second-order valence-corrected chi connectivity index (χ2v) is 6.39. The third-order valence-electron chi connectivity index (χ3n) is 4.45. The first-order chi connectivity index (χ1) is 9.16. The zero-order valence-corrected chi connectivity index (χ0v) is 12.1. The van der Waals surface area contributed by atoms with Gasteiger partial charge >= 0.3 is 0 Å². The van der Waals surface area contributed by atoms with Gasteiger partial charge in [0.1, 0.15) is 0 Å². The average Bonchev–Trinajstić information content (AvgIpc) is 2.97. The van der Waals surface area contributed by atoms with E-state index in [0.29, 0.717) is 6.04 Å². The number of nitrogens with zero attached hydrogens (tertiary/aromatic N) is 2. The summed E-state index contributed by atoms with van der Waals surface area (Å²) in [4.78, 5) is 4.69. The van der Waals surface area contributed by atoms with Crippen LogP contribution in [0, 0.1) is 6.92 Å². The van der Waals surface area contributed by atoms with E-state index in [0.717, 1.165) is 31.3 Å². The Morgan fingerprint density at radius 3 is 2.84 bits per heavy atom. The van der Waals surface area contributed by atoms with Gasteiger partial charge in [-0.3, -0.25) is 0 Å². The van der Waals surface area contributed by atoms with Gasteiger partial charge in [-0.25, -0.2) is 4.98 Å². The number of hydrogen-bond acceptors (Lipinski definition) is 3. The molecule has 2 aliphatic rings. The third kappa shape index (κ3) is 2.78. The lowest BCUT2D eigenvalue weighted by atomic mass is 9.95. The molecule has 1 N–H and O–H groups in total. The van der Waals surface area contributed by atoms with Gasteiger partial charge in [-0.1, -0.05) is 19.3 Å². The highest BCUT2D eigenvalue weighted by molar-refractivity contribution is 5.34. The van der Waals surface area contributed by atoms with Crippen LogP contribution in [0.4, 0.5) is 5.95 Å². The number of aromatic nitrogens is 2. The molecule has 0 bridgehead atoms.